The van der Waals surface area contributed by atoms with Gasteiger partial charge in [-0.05, 0) is 44.7 Å². The Balaban J connectivity index is 1.97. The summed E-state index contributed by atoms with van der Waals surface area (Å²) in [5, 5.41) is 28.9. The van der Waals surface area contributed by atoms with Gasteiger partial charge in [0.15, 0.2) is 0 Å². The van der Waals surface area contributed by atoms with Crippen LogP contribution in [0.4, 0.5) is 0 Å². The van der Waals surface area contributed by atoms with Gasteiger partial charge in [-0.2, -0.15) is 0 Å². The lowest BCUT2D eigenvalue weighted by Crippen LogP contribution is -2.53. The Morgan fingerprint density at radius 2 is 1.65 bits per heavy atom. The summed E-state index contributed by atoms with van der Waals surface area (Å²) < 4.78 is 0. The summed E-state index contributed by atoms with van der Waals surface area (Å²) in [6, 6.07) is -0.0601. The molecular weight excluding hydrogens is 301 g/mol. The van der Waals surface area contributed by atoms with E-state index in [4.69, 9.17) is 23.2 Å². The van der Waals surface area contributed by atoms with Crippen molar-refractivity contribution < 1.29 is 15.3 Å². The quantitative estimate of drug-likeness (QED) is 0.676. The van der Waals surface area contributed by atoms with Crippen molar-refractivity contribution in [1.82, 2.24) is 4.90 Å². The fourth-order valence-electron chi connectivity index (χ4n) is 3.52. The molecule has 0 aromatic carbocycles. The second-order valence-corrected chi connectivity index (χ2v) is 7.27. The minimum absolute atomic E-state index is 0.0248. The lowest BCUT2D eigenvalue weighted by molar-refractivity contribution is -0.0235. The molecule has 1 aliphatic heterocycles. The van der Waals surface area contributed by atoms with Crippen LogP contribution in [0.1, 0.15) is 25.7 Å². The molecule has 0 aromatic heterocycles. The van der Waals surface area contributed by atoms with E-state index < -0.39 is 6.10 Å². The predicted octanol–water partition coefficient (Wildman–Crippen LogP) is 1.04. The maximum Gasteiger partial charge on any atom is 0.0599 e. The van der Waals surface area contributed by atoms with Gasteiger partial charge in [0.05, 0.1) is 23.5 Å². The minimum atomic E-state index is -0.500. The van der Waals surface area contributed by atoms with E-state index in [-0.39, 0.29) is 35.9 Å². The number of aliphatic hydroxyl groups is 3. The number of hydrogen-bond acceptors (Lipinski definition) is 4. The standard InChI is InChI=1S/C14H25Cl2NO3/c15-11-5-10(14(20)6-12(11)16)13(8-19)17-3-1-9(7-18)2-4-17/h9-14,18-20H,1-8H2. The number of piperidine rings is 1. The Hall–Kier alpha value is 0.420. The van der Waals surface area contributed by atoms with Crippen molar-refractivity contribution in [1.29, 1.82) is 0 Å². The van der Waals surface area contributed by atoms with Crippen LogP contribution in [-0.4, -0.2) is 69.4 Å². The van der Waals surface area contributed by atoms with E-state index in [1.807, 2.05) is 0 Å². The summed E-state index contributed by atoms with van der Waals surface area (Å²) in [5.74, 6) is 0.345. The third-order valence-electron chi connectivity index (χ3n) is 4.91. The monoisotopic (exact) mass is 325 g/mol. The number of rotatable bonds is 4. The first kappa shape index (κ1) is 16.8. The fraction of sp³-hybridized carbons (Fsp3) is 1.00. The van der Waals surface area contributed by atoms with Gasteiger partial charge in [0.1, 0.15) is 0 Å². The highest BCUT2D eigenvalue weighted by Crippen LogP contribution is 2.36. The van der Waals surface area contributed by atoms with Crippen molar-refractivity contribution >= 4 is 23.2 Å². The normalized spacial score (nSPS) is 38.9. The zero-order valence-electron chi connectivity index (χ0n) is 11.7. The molecule has 2 aliphatic rings. The Kier molecular flexibility index (Phi) is 6.39. The minimum Gasteiger partial charge on any atom is -0.396 e. The van der Waals surface area contributed by atoms with Crippen LogP contribution in [0.25, 0.3) is 0 Å². The van der Waals surface area contributed by atoms with Gasteiger partial charge >= 0.3 is 0 Å². The Morgan fingerprint density at radius 3 is 2.20 bits per heavy atom. The average molecular weight is 326 g/mol. The van der Waals surface area contributed by atoms with E-state index in [9.17, 15) is 15.3 Å². The largest absolute Gasteiger partial charge is 0.396 e. The van der Waals surface area contributed by atoms with E-state index in [2.05, 4.69) is 4.90 Å². The Morgan fingerprint density at radius 1 is 1.05 bits per heavy atom. The molecule has 0 radical (unpaired) electrons. The highest BCUT2D eigenvalue weighted by Gasteiger charge is 2.41. The molecule has 0 bridgehead atoms. The Labute approximate surface area is 130 Å². The number of aliphatic hydroxyl groups excluding tert-OH is 3. The van der Waals surface area contributed by atoms with Crippen molar-refractivity contribution in [2.24, 2.45) is 11.8 Å². The third kappa shape index (κ3) is 3.79. The third-order valence-corrected chi connectivity index (χ3v) is 6.00. The lowest BCUT2D eigenvalue weighted by atomic mass is 9.79. The number of hydrogen-bond donors (Lipinski definition) is 3. The first-order valence-corrected chi connectivity index (χ1v) is 8.36. The number of nitrogens with zero attached hydrogens (tertiary/aromatic N) is 1. The lowest BCUT2D eigenvalue weighted by Gasteiger charge is -2.44. The van der Waals surface area contributed by atoms with Gasteiger partial charge < -0.3 is 15.3 Å². The van der Waals surface area contributed by atoms with E-state index >= 15 is 0 Å². The van der Waals surface area contributed by atoms with Crippen molar-refractivity contribution in [2.75, 3.05) is 26.3 Å². The molecule has 1 heterocycles. The second-order valence-electron chi connectivity index (χ2n) is 6.15. The maximum absolute atomic E-state index is 10.3. The molecule has 1 aliphatic carbocycles. The van der Waals surface area contributed by atoms with Gasteiger partial charge in [-0.3, -0.25) is 4.90 Å². The molecule has 3 N–H and O–H groups in total. The van der Waals surface area contributed by atoms with Crippen LogP contribution in [0.15, 0.2) is 0 Å². The molecule has 1 saturated heterocycles. The summed E-state index contributed by atoms with van der Waals surface area (Å²) in [7, 11) is 0. The highest BCUT2D eigenvalue weighted by atomic mass is 35.5. The molecule has 20 heavy (non-hydrogen) atoms. The van der Waals surface area contributed by atoms with Crippen LogP contribution in [0.5, 0.6) is 0 Å². The molecule has 4 nitrogen and oxygen atoms in total. The molecule has 6 heteroatoms. The van der Waals surface area contributed by atoms with Crippen LogP contribution in [0.2, 0.25) is 0 Å². The van der Waals surface area contributed by atoms with E-state index in [0.717, 1.165) is 25.9 Å². The molecule has 0 aromatic rings. The topological polar surface area (TPSA) is 63.9 Å². The second kappa shape index (κ2) is 7.61. The SMILES string of the molecule is OCC1CCN(C(CO)C2CC(Cl)C(Cl)CC2O)CC1. The van der Waals surface area contributed by atoms with Gasteiger partial charge in [0.2, 0.25) is 0 Å². The summed E-state index contributed by atoms with van der Waals surface area (Å²) >= 11 is 12.3. The molecule has 2 fully saturated rings. The number of alkyl halides is 2. The van der Waals surface area contributed by atoms with E-state index in [0.29, 0.717) is 18.8 Å². The van der Waals surface area contributed by atoms with Crippen LogP contribution >= 0.6 is 23.2 Å². The average Bonchev–Trinajstić information content (AvgIpc) is 2.46. The van der Waals surface area contributed by atoms with Gasteiger partial charge in [-0.1, -0.05) is 0 Å². The van der Waals surface area contributed by atoms with Gasteiger partial charge in [-0.15, -0.1) is 23.2 Å². The summed E-state index contributed by atoms with van der Waals surface area (Å²) in [6.45, 7) is 1.98. The van der Waals surface area contributed by atoms with Crippen molar-refractivity contribution in [3.63, 3.8) is 0 Å². The zero-order valence-corrected chi connectivity index (χ0v) is 13.2. The number of likely N-dealkylation sites (tertiary alicyclic amines) is 1. The van der Waals surface area contributed by atoms with E-state index in [1.54, 1.807) is 0 Å². The number of halogens is 2. The summed E-state index contributed by atoms with van der Waals surface area (Å²) in [6.07, 6.45) is 2.52. The summed E-state index contributed by atoms with van der Waals surface area (Å²) in [4.78, 5) is 2.23. The van der Waals surface area contributed by atoms with Crippen LogP contribution in [0.3, 0.4) is 0 Å². The smallest absolute Gasteiger partial charge is 0.0599 e. The molecule has 1 saturated carbocycles. The van der Waals surface area contributed by atoms with Gasteiger partial charge in [0.25, 0.3) is 0 Å². The Bertz CT molecular complexity index is 300. The van der Waals surface area contributed by atoms with Crippen molar-refractivity contribution in [2.45, 2.75) is 48.6 Å². The molecule has 5 atom stereocenters. The molecule has 2 rings (SSSR count). The fourth-order valence-corrected chi connectivity index (χ4v) is 4.11. The summed E-state index contributed by atoms with van der Waals surface area (Å²) in [5.41, 5.74) is 0. The first-order chi connectivity index (χ1) is 9.56. The predicted molar refractivity (Wildman–Crippen MR) is 80.3 cm³/mol. The first-order valence-electron chi connectivity index (χ1n) is 7.48. The van der Waals surface area contributed by atoms with Crippen molar-refractivity contribution in [3.8, 4) is 0 Å². The molecule has 0 spiro atoms. The molecule has 0 amide bonds. The van der Waals surface area contributed by atoms with Crippen LogP contribution in [-0.2, 0) is 0 Å². The zero-order chi connectivity index (χ0) is 14.7. The van der Waals surface area contributed by atoms with Crippen molar-refractivity contribution in [3.05, 3.63) is 0 Å². The molecule has 118 valence electrons. The van der Waals surface area contributed by atoms with Crippen LogP contribution < -0.4 is 0 Å². The van der Waals surface area contributed by atoms with Gasteiger partial charge in [-0.25, -0.2) is 0 Å². The van der Waals surface area contributed by atoms with E-state index in [1.165, 1.54) is 0 Å². The van der Waals surface area contributed by atoms with Crippen LogP contribution in [0, 0.1) is 11.8 Å². The maximum atomic E-state index is 10.3. The molecule has 5 unspecified atom stereocenters. The van der Waals surface area contributed by atoms with Gasteiger partial charge in [0, 0.05) is 18.6 Å². The highest BCUT2D eigenvalue weighted by molar-refractivity contribution is 6.30. The molecular formula is C14H25Cl2NO3.